The van der Waals surface area contributed by atoms with E-state index in [1.165, 1.54) is 18.0 Å². The molecule has 134 valence electrons. The van der Waals surface area contributed by atoms with E-state index in [4.69, 9.17) is 4.42 Å². The van der Waals surface area contributed by atoms with Gasteiger partial charge in [-0.25, -0.2) is 9.97 Å². The van der Waals surface area contributed by atoms with Crippen molar-refractivity contribution in [1.82, 2.24) is 20.2 Å². The number of hydrogen-bond donors (Lipinski definition) is 1. The fraction of sp³-hybridized carbons (Fsp3) is 0.333. The van der Waals surface area contributed by atoms with Crippen LogP contribution in [0.4, 0.5) is 14.7 Å². The van der Waals surface area contributed by atoms with Crippen molar-refractivity contribution in [2.24, 2.45) is 0 Å². The lowest BCUT2D eigenvalue weighted by molar-refractivity contribution is 0.116. The number of nitrogens with zero attached hydrogens (tertiary/aromatic N) is 4. The highest BCUT2D eigenvalue weighted by Crippen LogP contribution is 2.37. The number of alkyl halides is 2. The minimum atomic E-state index is -2.80. The number of rotatable bonds is 6. The van der Waals surface area contributed by atoms with E-state index in [0.717, 1.165) is 25.7 Å². The lowest BCUT2D eigenvalue weighted by Gasteiger charge is -2.43. The zero-order valence-corrected chi connectivity index (χ0v) is 13.9. The largest absolute Gasteiger partial charge is 0.415 e. The molecule has 1 aromatic carbocycles. The molecule has 0 radical (unpaired) electrons. The van der Waals surface area contributed by atoms with Crippen LogP contribution < -0.4 is 5.32 Å². The van der Waals surface area contributed by atoms with Gasteiger partial charge >= 0.3 is 6.43 Å². The van der Waals surface area contributed by atoms with Crippen LogP contribution in [0.1, 0.15) is 37.1 Å². The first-order chi connectivity index (χ1) is 12.6. The second kappa shape index (κ2) is 6.78. The highest BCUT2D eigenvalue weighted by atomic mass is 19.3. The molecule has 1 N–H and O–H groups in total. The zero-order chi connectivity index (χ0) is 18.0. The summed E-state index contributed by atoms with van der Waals surface area (Å²) in [4.78, 5) is 8.56. The molecule has 4 rings (SSSR count). The first-order valence-electron chi connectivity index (χ1n) is 8.40. The Kier molecular flexibility index (Phi) is 4.32. The Balaban J connectivity index is 1.47. The fourth-order valence-electron chi connectivity index (χ4n) is 3.12. The SMILES string of the molecule is FC(F)c1nnc(-c2cnc(NC3(Cc4ccccc4)CCC3)nc2)o1. The minimum Gasteiger partial charge on any atom is -0.415 e. The molecule has 1 fully saturated rings. The molecule has 2 aromatic heterocycles. The van der Waals surface area contributed by atoms with Crippen molar-refractivity contribution in [3.63, 3.8) is 0 Å². The van der Waals surface area contributed by atoms with Gasteiger partial charge < -0.3 is 9.73 Å². The topological polar surface area (TPSA) is 76.7 Å². The van der Waals surface area contributed by atoms with E-state index < -0.39 is 12.3 Å². The van der Waals surface area contributed by atoms with Crippen LogP contribution in [0.5, 0.6) is 0 Å². The zero-order valence-electron chi connectivity index (χ0n) is 13.9. The maximum atomic E-state index is 12.5. The summed E-state index contributed by atoms with van der Waals surface area (Å²) < 4.78 is 30.0. The quantitative estimate of drug-likeness (QED) is 0.717. The van der Waals surface area contributed by atoms with Crippen molar-refractivity contribution in [2.45, 2.75) is 37.6 Å². The average molecular weight is 357 g/mol. The Labute approximate surface area is 148 Å². The predicted molar refractivity (Wildman–Crippen MR) is 90.6 cm³/mol. The second-order valence-corrected chi connectivity index (χ2v) is 6.46. The molecule has 0 spiro atoms. The molecule has 2 heterocycles. The van der Waals surface area contributed by atoms with Crippen LogP contribution in [0.15, 0.2) is 47.1 Å². The van der Waals surface area contributed by atoms with Crippen LogP contribution in [0.3, 0.4) is 0 Å². The molecule has 0 bridgehead atoms. The van der Waals surface area contributed by atoms with Crippen LogP contribution in [-0.2, 0) is 6.42 Å². The summed E-state index contributed by atoms with van der Waals surface area (Å²) in [5.74, 6) is -0.231. The summed E-state index contributed by atoms with van der Waals surface area (Å²) in [6, 6.07) is 10.3. The lowest BCUT2D eigenvalue weighted by Crippen LogP contribution is -2.47. The number of nitrogens with one attached hydrogen (secondary N) is 1. The second-order valence-electron chi connectivity index (χ2n) is 6.46. The summed E-state index contributed by atoms with van der Waals surface area (Å²) >= 11 is 0. The summed E-state index contributed by atoms with van der Waals surface area (Å²) in [5.41, 5.74) is 1.62. The van der Waals surface area contributed by atoms with Gasteiger partial charge in [0.1, 0.15) is 0 Å². The summed E-state index contributed by atoms with van der Waals surface area (Å²) in [5, 5.41) is 10.3. The van der Waals surface area contributed by atoms with Crippen LogP contribution in [0.2, 0.25) is 0 Å². The van der Waals surface area contributed by atoms with Gasteiger partial charge in [-0.05, 0) is 31.2 Å². The van der Waals surface area contributed by atoms with Gasteiger partial charge in [0.25, 0.3) is 11.8 Å². The van der Waals surface area contributed by atoms with Crippen molar-refractivity contribution < 1.29 is 13.2 Å². The summed E-state index contributed by atoms with van der Waals surface area (Å²) in [6.07, 6.45) is 4.36. The van der Waals surface area contributed by atoms with E-state index in [0.29, 0.717) is 11.5 Å². The van der Waals surface area contributed by atoms with Gasteiger partial charge in [-0.3, -0.25) is 0 Å². The van der Waals surface area contributed by atoms with Crippen molar-refractivity contribution in [3.05, 3.63) is 54.2 Å². The molecule has 0 saturated heterocycles. The van der Waals surface area contributed by atoms with Crippen LogP contribution in [-0.4, -0.2) is 25.7 Å². The van der Waals surface area contributed by atoms with Crippen molar-refractivity contribution in [1.29, 1.82) is 0 Å². The molecule has 8 heteroatoms. The van der Waals surface area contributed by atoms with Gasteiger partial charge in [0.2, 0.25) is 5.95 Å². The van der Waals surface area contributed by atoms with Crippen LogP contribution in [0, 0.1) is 0 Å². The van der Waals surface area contributed by atoms with Crippen molar-refractivity contribution >= 4 is 5.95 Å². The Bertz CT molecular complexity index is 863. The smallest absolute Gasteiger partial charge is 0.314 e. The average Bonchev–Trinajstić information content (AvgIpc) is 3.12. The summed E-state index contributed by atoms with van der Waals surface area (Å²) in [6.45, 7) is 0. The molecule has 1 aliphatic carbocycles. The monoisotopic (exact) mass is 357 g/mol. The van der Waals surface area contributed by atoms with Gasteiger partial charge in [0.15, 0.2) is 0 Å². The van der Waals surface area contributed by atoms with Gasteiger partial charge in [-0.2, -0.15) is 8.78 Å². The van der Waals surface area contributed by atoms with E-state index in [9.17, 15) is 8.78 Å². The van der Waals surface area contributed by atoms with Gasteiger partial charge in [-0.1, -0.05) is 30.3 Å². The molecule has 0 unspecified atom stereocenters. The third-order valence-corrected chi connectivity index (χ3v) is 4.60. The van der Waals surface area contributed by atoms with Crippen LogP contribution >= 0.6 is 0 Å². The maximum absolute atomic E-state index is 12.5. The van der Waals surface area contributed by atoms with Crippen molar-refractivity contribution in [3.8, 4) is 11.5 Å². The number of hydrogen-bond acceptors (Lipinski definition) is 6. The standard InChI is InChI=1S/C18H17F2N5O/c19-14(20)16-25-24-15(26-16)13-10-21-17(22-11-13)23-18(7-4-8-18)9-12-5-2-1-3-6-12/h1-3,5-6,10-11,14H,4,7-9H2,(H,21,22,23). The number of halogens is 2. The van der Waals surface area contributed by atoms with Gasteiger partial charge in [-0.15, -0.1) is 10.2 Å². The molecule has 0 aliphatic heterocycles. The van der Waals surface area contributed by atoms with E-state index in [2.05, 4.69) is 37.6 Å². The van der Waals surface area contributed by atoms with E-state index in [1.54, 1.807) is 0 Å². The molecule has 1 aliphatic rings. The molecule has 3 aromatic rings. The van der Waals surface area contributed by atoms with Gasteiger partial charge in [0, 0.05) is 17.9 Å². The fourth-order valence-corrected chi connectivity index (χ4v) is 3.12. The molecule has 1 saturated carbocycles. The molecule has 0 atom stereocenters. The Hall–Kier alpha value is -2.90. The maximum Gasteiger partial charge on any atom is 0.314 e. The predicted octanol–water partition coefficient (Wildman–Crippen LogP) is 4.04. The Morgan fingerprint density at radius 1 is 1.08 bits per heavy atom. The number of aromatic nitrogens is 4. The highest BCUT2D eigenvalue weighted by Gasteiger charge is 2.37. The summed E-state index contributed by atoms with van der Waals surface area (Å²) in [7, 11) is 0. The first kappa shape index (κ1) is 16.6. The Morgan fingerprint density at radius 3 is 2.38 bits per heavy atom. The third kappa shape index (κ3) is 3.40. The number of anilines is 1. The van der Waals surface area contributed by atoms with Crippen LogP contribution in [0.25, 0.3) is 11.5 Å². The normalized spacial score (nSPS) is 15.7. The molecule has 26 heavy (non-hydrogen) atoms. The van der Waals surface area contributed by atoms with Crippen molar-refractivity contribution in [2.75, 3.05) is 5.32 Å². The number of benzene rings is 1. The van der Waals surface area contributed by atoms with E-state index >= 15 is 0 Å². The molecular weight excluding hydrogens is 340 g/mol. The lowest BCUT2D eigenvalue weighted by atomic mass is 9.73. The van der Waals surface area contributed by atoms with Gasteiger partial charge in [0.05, 0.1) is 5.56 Å². The van der Waals surface area contributed by atoms with E-state index in [1.807, 2.05) is 18.2 Å². The van der Waals surface area contributed by atoms with E-state index in [-0.39, 0.29) is 11.4 Å². The molecular formula is C18H17F2N5O. The molecule has 6 nitrogen and oxygen atoms in total. The first-order valence-corrected chi connectivity index (χ1v) is 8.40. The third-order valence-electron chi connectivity index (χ3n) is 4.60. The highest BCUT2D eigenvalue weighted by molar-refractivity contribution is 5.50. The minimum absolute atomic E-state index is 0.0190. The molecule has 0 amide bonds. The Morgan fingerprint density at radius 2 is 1.81 bits per heavy atom.